The van der Waals surface area contributed by atoms with E-state index in [0.29, 0.717) is 12.1 Å². The third kappa shape index (κ3) is 2.07. The van der Waals surface area contributed by atoms with Gasteiger partial charge in [0.1, 0.15) is 0 Å². The van der Waals surface area contributed by atoms with Crippen molar-refractivity contribution in [1.82, 2.24) is 20.1 Å². The number of aromatic nitrogens is 3. The van der Waals surface area contributed by atoms with Gasteiger partial charge in [0.15, 0.2) is 0 Å². The van der Waals surface area contributed by atoms with Crippen LogP contribution in [-0.4, -0.2) is 20.7 Å². The Morgan fingerprint density at radius 1 is 1.40 bits per heavy atom. The second kappa shape index (κ2) is 4.85. The summed E-state index contributed by atoms with van der Waals surface area (Å²) in [5, 5.41) is 8.05. The third-order valence-electron chi connectivity index (χ3n) is 3.62. The number of nitrogens with one attached hydrogen (secondary N) is 2. The molecule has 0 aliphatic heterocycles. The van der Waals surface area contributed by atoms with Crippen LogP contribution in [0.5, 0.6) is 0 Å². The first-order chi connectivity index (χ1) is 9.66. The van der Waals surface area contributed by atoms with Crippen molar-refractivity contribution in [3.05, 3.63) is 53.5 Å². The molecule has 0 aliphatic rings. The van der Waals surface area contributed by atoms with E-state index in [1.54, 1.807) is 10.9 Å². The van der Waals surface area contributed by atoms with Gasteiger partial charge in [0.2, 0.25) is 0 Å². The summed E-state index contributed by atoms with van der Waals surface area (Å²) in [5.74, 6) is -0.0709. The summed E-state index contributed by atoms with van der Waals surface area (Å²) < 4.78 is 1.80. The maximum absolute atomic E-state index is 12.3. The van der Waals surface area contributed by atoms with Crippen molar-refractivity contribution < 1.29 is 4.79 Å². The number of hydrogen-bond acceptors (Lipinski definition) is 2. The minimum atomic E-state index is -0.0709. The zero-order chi connectivity index (χ0) is 14.1. The molecule has 5 nitrogen and oxygen atoms in total. The standard InChI is InChI=1S/C15H16N4O/c1-10-11(9-18-19(10)2)8-17-15(20)13-4-3-5-14-12(13)6-7-16-14/h3-7,9,16H,8H2,1-2H3,(H,17,20). The van der Waals surface area contributed by atoms with Crippen LogP contribution in [0.2, 0.25) is 0 Å². The largest absolute Gasteiger partial charge is 0.361 e. The first kappa shape index (κ1) is 12.5. The molecule has 1 aromatic carbocycles. The van der Waals surface area contributed by atoms with Crippen LogP contribution in [0.4, 0.5) is 0 Å². The number of nitrogens with zero attached hydrogens (tertiary/aromatic N) is 2. The summed E-state index contributed by atoms with van der Waals surface area (Å²) in [6.45, 7) is 2.47. The molecule has 0 spiro atoms. The highest BCUT2D eigenvalue weighted by molar-refractivity contribution is 6.06. The molecule has 0 atom stereocenters. The molecule has 1 amide bonds. The maximum atomic E-state index is 12.3. The first-order valence-corrected chi connectivity index (χ1v) is 6.48. The number of rotatable bonds is 3. The average Bonchev–Trinajstić information content (AvgIpc) is 3.04. The summed E-state index contributed by atoms with van der Waals surface area (Å²) in [7, 11) is 1.89. The van der Waals surface area contributed by atoms with Crippen LogP contribution in [0.15, 0.2) is 36.7 Å². The molecule has 0 radical (unpaired) electrons. The number of aryl methyl sites for hydroxylation is 1. The first-order valence-electron chi connectivity index (χ1n) is 6.48. The summed E-state index contributed by atoms with van der Waals surface area (Å²) in [6.07, 6.45) is 3.62. The van der Waals surface area contributed by atoms with E-state index in [0.717, 1.165) is 22.2 Å². The molecule has 0 aliphatic carbocycles. The zero-order valence-electron chi connectivity index (χ0n) is 11.5. The van der Waals surface area contributed by atoms with Gasteiger partial charge in [0.25, 0.3) is 5.91 Å². The number of H-pyrrole nitrogens is 1. The number of benzene rings is 1. The van der Waals surface area contributed by atoms with Crippen LogP contribution in [-0.2, 0) is 13.6 Å². The lowest BCUT2D eigenvalue weighted by molar-refractivity contribution is 0.0952. The molecule has 0 fully saturated rings. The van der Waals surface area contributed by atoms with Crippen molar-refractivity contribution in [2.24, 2.45) is 7.05 Å². The smallest absolute Gasteiger partial charge is 0.252 e. The lowest BCUT2D eigenvalue weighted by Crippen LogP contribution is -2.23. The van der Waals surface area contributed by atoms with Gasteiger partial charge in [-0.1, -0.05) is 6.07 Å². The fourth-order valence-electron chi connectivity index (χ4n) is 2.27. The second-order valence-electron chi connectivity index (χ2n) is 4.81. The lowest BCUT2D eigenvalue weighted by Gasteiger charge is -2.06. The molecule has 102 valence electrons. The van der Waals surface area contributed by atoms with Gasteiger partial charge in [-0.05, 0) is 25.1 Å². The van der Waals surface area contributed by atoms with Gasteiger partial charge in [0, 0.05) is 47.5 Å². The number of hydrogen-bond donors (Lipinski definition) is 2. The van der Waals surface area contributed by atoms with E-state index < -0.39 is 0 Å². The molecular weight excluding hydrogens is 252 g/mol. The summed E-state index contributed by atoms with van der Waals surface area (Å²) in [4.78, 5) is 15.4. The lowest BCUT2D eigenvalue weighted by atomic mass is 10.1. The molecule has 2 aromatic heterocycles. The average molecular weight is 268 g/mol. The van der Waals surface area contributed by atoms with E-state index in [4.69, 9.17) is 0 Å². The molecule has 0 bridgehead atoms. The van der Waals surface area contributed by atoms with Gasteiger partial charge in [-0.15, -0.1) is 0 Å². The van der Waals surface area contributed by atoms with Crippen molar-refractivity contribution in [3.8, 4) is 0 Å². The van der Waals surface area contributed by atoms with E-state index in [2.05, 4.69) is 15.4 Å². The van der Waals surface area contributed by atoms with Gasteiger partial charge in [-0.25, -0.2) is 0 Å². The van der Waals surface area contributed by atoms with E-state index in [-0.39, 0.29) is 5.91 Å². The second-order valence-corrected chi connectivity index (χ2v) is 4.81. The molecular formula is C15H16N4O. The normalized spacial score (nSPS) is 10.9. The van der Waals surface area contributed by atoms with Crippen LogP contribution in [0.25, 0.3) is 10.9 Å². The Hall–Kier alpha value is -2.56. The number of fused-ring (bicyclic) bond motifs is 1. The van der Waals surface area contributed by atoms with Crippen molar-refractivity contribution in [1.29, 1.82) is 0 Å². The zero-order valence-corrected chi connectivity index (χ0v) is 11.5. The summed E-state index contributed by atoms with van der Waals surface area (Å²) >= 11 is 0. The minimum Gasteiger partial charge on any atom is -0.361 e. The molecule has 0 saturated heterocycles. The van der Waals surface area contributed by atoms with Crippen LogP contribution < -0.4 is 5.32 Å². The van der Waals surface area contributed by atoms with E-state index in [9.17, 15) is 4.79 Å². The van der Waals surface area contributed by atoms with Crippen molar-refractivity contribution in [2.45, 2.75) is 13.5 Å². The Morgan fingerprint density at radius 3 is 3.00 bits per heavy atom. The Balaban J connectivity index is 1.80. The minimum absolute atomic E-state index is 0.0709. The predicted octanol–water partition coefficient (Wildman–Crippen LogP) is 2.14. The molecule has 20 heavy (non-hydrogen) atoms. The fourth-order valence-corrected chi connectivity index (χ4v) is 2.27. The highest BCUT2D eigenvalue weighted by atomic mass is 16.1. The van der Waals surface area contributed by atoms with Gasteiger partial charge < -0.3 is 10.3 Å². The monoisotopic (exact) mass is 268 g/mol. The topological polar surface area (TPSA) is 62.7 Å². The molecule has 3 rings (SSSR count). The highest BCUT2D eigenvalue weighted by Crippen LogP contribution is 2.17. The maximum Gasteiger partial charge on any atom is 0.252 e. The SMILES string of the molecule is Cc1c(CNC(=O)c2cccc3[nH]ccc23)cnn1C. The highest BCUT2D eigenvalue weighted by Gasteiger charge is 2.11. The Kier molecular flexibility index (Phi) is 3.02. The van der Waals surface area contributed by atoms with Crippen molar-refractivity contribution in [3.63, 3.8) is 0 Å². The van der Waals surface area contributed by atoms with Crippen molar-refractivity contribution >= 4 is 16.8 Å². The molecule has 2 heterocycles. The van der Waals surface area contributed by atoms with Crippen molar-refractivity contribution in [2.75, 3.05) is 0 Å². The molecule has 3 aromatic rings. The van der Waals surface area contributed by atoms with Gasteiger partial charge >= 0.3 is 0 Å². The number of carbonyl (C=O) groups is 1. The van der Waals surface area contributed by atoms with Gasteiger partial charge in [0.05, 0.1) is 6.20 Å². The molecule has 2 N–H and O–H groups in total. The quantitative estimate of drug-likeness (QED) is 0.764. The van der Waals surface area contributed by atoms with Crippen LogP contribution >= 0.6 is 0 Å². The molecule has 0 unspecified atom stereocenters. The molecule has 5 heteroatoms. The van der Waals surface area contributed by atoms with E-state index in [1.807, 2.05) is 44.4 Å². The summed E-state index contributed by atoms with van der Waals surface area (Å²) in [5.41, 5.74) is 3.74. The number of amides is 1. The third-order valence-corrected chi connectivity index (χ3v) is 3.62. The van der Waals surface area contributed by atoms with Crippen LogP contribution in [0.1, 0.15) is 21.6 Å². The molecule has 0 saturated carbocycles. The number of aromatic amines is 1. The Bertz CT molecular complexity index is 769. The fraction of sp³-hybridized carbons (Fsp3) is 0.200. The van der Waals surface area contributed by atoms with E-state index in [1.165, 1.54) is 0 Å². The number of carbonyl (C=O) groups excluding carboxylic acids is 1. The Labute approximate surface area is 116 Å². The summed E-state index contributed by atoms with van der Waals surface area (Å²) in [6, 6.07) is 7.58. The van der Waals surface area contributed by atoms with Gasteiger partial charge in [-0.3, -0.25) is 9.48 Å². The Morgan fingerprint density at radius 2 is 2.25 bits per heavy atom. The van der Waals surface area contributed by atoms with Gasteiger partial charge in [-0.2, -0.15) is 5.10 Å². The van der Waals surface area contributed by atoms with Crippen LogP contribution in [0.3, 0.4) is 0 Å². The van der Waals surface area contributed by atoms with Crippen LogP contribution in [0, 0.1) is 6.92 Å². The predicted molar refractivity (Wildman–Crippen MR) is 77.4 cm³/mol. The van der Waals surface area contributed by atoms with E-state index >= 15 is 0 Å².